The van der Waals surface area contributed by atoms with Crippen LogP contribution in [0.3, 0.4) is 0 Å². The number of urea groups is 1. The number of benzene rings is 2. The van der Waals surface area contributed by atoms with Crippen molar-refractivity contribution in [1.29, 1.82) is 0 Å². The summed E-state index contributed by atoms with van der Waals surface area (Å²) in [6.45, 7) is -0.533. The predicted molar refractivity (Wildman–Crippen MR) is 92.3 cm³/mol. The summed E-state index contributed by atoms with van der Waals surface area (Å²) in [5.74, 6) is 0. The number of alkyl halides is 3. The van der Waals surface area contributed by atoms with Crippen molar-refractivity contribution in [1.82, 2.24) is 10.2 Å². The van der Waals surface area contributed by atoms with Gasteiger partial charge in [-0.25, -0.2) is 4.79 Å². The second-order valence-electron chi connectivity index (χ2n) is 5.92. The molecule has 0 atom stereocenters. The van der Waals surface area contributed by atoms with E-state index >= 15 is 0 Å². The minimum Gasteiger partial charge on any atom is -0.367 e. The highest BCUT2D eigenvalue weighted by Gasteiger charge is 2.27. The van der Waals surface area contributed by atoms with E-state index in [2.05, 4.69) is 10.1 Å². The molecule has 140 valence electrons. The van der Waals surface area contributed by atoms with Crippen molar-refractivity contribution in [2.45, 2.75) is 25.9 Å². The number of rotatable bonds is 7. The molecule has 0 aliphatic rings. The molecule has 0 aliphatic heterocycles. The first-order chi connectivity index (χ1) is 12.3. The lowest BCUT2D eigenvalue weighted by atomic mass is 10.1. The minimum atomic E-state index is -4.32. The molecular formula is C19H21F3N2O2. The van der Waals surface area contributed by atoms with E-state index in [0.29, 0.717) is 18.7 Å². The van der Waals surface area contributed by atoms with Gasteiger partial charge in [0.1, 0.15) is 6.61 Å². The van der Waals surface area contributed by atoms with Crippen molar-refractivity contribution < 1.29 is 22.7 Å². The number of amides is 2. The maximum atomic E-state index is 12.1. The number of hydrogen-bond donors (Lipinski definition) is 1. The molecule has 0 fully saturated rings. The Morgan fingerprint density at radius 2 is 1.62 bits per heavy atom. The lowest BCUT2D eigenvalue weighted by Gasteiger charge is -2.18. The largest absolute Gasteiger partial charge is 0.411 e. The zero-order valence-corrected chi connectivity index (χ0v) is 14.4. The third kappa shape index (κ3) is 7.14. The standard InChI is InChI=1S/C19H21F3N2O2/c1-24(12-16-5-3-2-4-6-16)18(25)23-11-15-7-9-17(10-8-15)13-26-14-19(20,21)22/h2-10H,11-14H2,1H3,(H,23,25). The van der Waals surface area contributed by atoms with Gasteiger partial charge in [0.15, 0.2) is 0 Å². The highest BCUT2D eigenvalue weighted by atomic mass is 19.4. The molecule has 0 saturated heterocycles. The van der Waals surface area contributed by atoms with Crippen LogP contribution in [0.5, 0.6) is 0 Å². The van der Waals surface area contributed by atoms with Gasteiger partial charge in [-0.2, -0.15) is 13.2 Å². The SMILES string of the molecule is CN(Cc1ccccc1)C(=O)NCc1ccc(COCC(F)(F)F)cc1. The average Bonchev–Trinajstić information content (AvgIpc) is 2.60. The Morgan fingerprint density at radius 3 is 2.23 bits per heavy atom. The molecule has 0 bridgehead atoms. The molecular weight excluding hydrogens is 345 g/mol. The monoisotopic (exact) mass is 366 g/mol. The van der Waals surface area contributed by atoms with Gasteiger partial charge in [0, 0.05) is 20.1 Å². The van der Waals surface area contributed by atoms with Crippen LogP contribution in [0.15, 0.2) is 54.6 Å². The van der Waals surface area contributed by atoms with E-state index in [0.717, 1.165) is 11.1 Å². The molecule has 0 spiro atoms. The second-order valence-corrected chi connectivity index (χ2v) is 5.92. The first kappa shape index (κ1) is 19.8. The fraction of sp³-hybridized carbons (Fsp3) is 0.316. The Balaban J connectivity index is 1.75. The van der Waals surface area contributed by atoms with Crippen molar-refractivity contribution in [3.63, 3.8) is 0 Å². The van der Waals surface area contributed by atoms with Crippen molar-refractivity contribution >= 4 is 6.03 Å². The third-order valence-electron chi connectivity index (χ3n) is 3.61. The summed E-state index contributed by atoms with van der Waals surface area (Å²) in [6, 6.07) is 16.3. The third-order valence-corrected chi connectivity index (χ3v) is 3.61. The van der Waals surface area contributed by atoms with Crippen LogP contribution >= 0.6 is 0 Å². The summed E-state index contributed by atoms with van der Waals surface area (Å²) in [5, 5.41) is 2.81. The van der Waals surface area contributed by atoms with Crippen molar-refractivity contribution in [2.24, 2.45) is 0 Å². The van der Waals surface area contributed by atoms with Crippen LogP contribution in [0.4, 0.5) is 18.0 Å². The highest BCUT2D eigenvalue weighted by molar-refractivity contribution is 5.73. The van der Waals surface area contributed by atoms with Crippen molar-refractivity contribution in [3.8, 4) is 0 Å². The summed E-state index contributed by atoms with van der Waals surface area (Å²) in [5.41, 5.74) is 2.53. The van der Waals surface area contributed by atoms with E-state index in [4.69, 9.17) is 0 Å². The number of carbonyl (C=O) groups excluding carboxylic acids is 1. The maximum absolute atomic E-state index is 12.1. The summed E-state index contributed by atoms with van der Waals surface area (Å²) >= 11 is 0. The fourth-order valence-electron chi connectivity index (χ4n) is 2.28. The van der Waals surface area contributed by atoms with Gasteiger partial charge < -0.3 is 15.0 Å². The molecule has 0 aromatic heterocycles. The van der Waals surface area contributed by atoms with Crippen LogP contribution in [0, 0.1) is 0 Å². The van der Waals surface area contributed by atoms with E-state index in [-0.39, 0.29) is 12.6 Å². The molecule has 0 heterocycles. The molecule has 0 saturated carbocycles. The average molecular weight is 366 g/mol. The normalized spacial score (nSPS) is 11.2. The number of hydrogen-bond acceptors (Lipinski definition) is 2. The summed E-state index contributed by atoms with van der Waals surface area (Å²) in [6.07, 6.45) is -4.32. The minimum absolute atomic E-state index is 0.105. The molecule has 26 heavy (non-hydrogen) atoms. The van der Waals surface area contributed by atoms with Crippen LogP contribution < -0.4 is 5.32 Å². The van der Waals surface area contributed by atoms with Crippen LogP contribution in [0.2, 0.25) is 0 Å². The molecule has 2 rings (SSSR count). The fourth-order valence-corrected chi connectivity index (χ4v) is 2.28. The van der Waals surface area contributed by atoms with Gasteiger partial charge in [0.2, 0.25) is 0 Å². The summed E-state index contributed by atoms with van der Waals surface area (Å²) in [7, 11) is 1.71. The number of carbonyl (C=O) groups is 1. The van der Waals surface area contributed by atoms with Crippen molar-refractivity contribution in [3.05, 3.63) is 71.3 Å². The molecule has 2 amide bonds. The van der Waals surface area contributed by atoms with E-state index in [1.165, 1.54) is 0 Å². The molecule has 1 N–H and O–H groups in total. The zero-order valence-electron chi connectivity index (χ0n) is 14.4. The highest BCUT2D eigenvalue weighted by Crippen LogP contribution is 2.15. The van der Waals surface area contributed by atoms with Gasteiger partial charge in [0.25, 0.3) is 0 Å². The van der Waals surface area contributed by atoms with Gasteiger partial charge in [-0.15, -0.1) is 0 Å². The summed E-state index contributed by atoms with van der Waals surface area (Å²) < 4.78 is 40.7. The first-order valence-electron chi connectivity index (χ1n) is 8.09. The molecule has 0 aliphatic carbocycles. The quantitative estimate of drug-likeness (QED) is 0.801. The molecule has 7 heteroatoms. The van der Waals surface area contributed by atoms with Crippen LogP contribution in [-0.2, 0) is 24.4 Å². The number of ether oxygens (including phenoxy) is 1. The topological polar surface area (TPSA) is 41.6 Å². The Labute approximate surface area is 150 Å². The van der Waals surface area contributed by atoms with Crippen LogP contribution in [0.1, 0.15) is 16.7 Å². The molecule has 2 aromatic carbocycles. The van der Waals surface area contributed by atoms with E-state index in [1.54, 1.807) is 36.2 Å². The smallest absolute Gasteiger partial charge is 0.367 e. The zero-order chi connectivity index (χ0) is 19.0. The van der Waals surface area contributed by atoms with E-state index in [9.17, 15) is 18.0 Å². The molecule has 2 aromatic rings. The Morgan fingerprint density at radius 1 is 1.00 bits per heavy atom. The molecule has 0 radical (unpaired) electrons. The summed E-state index contributed by atoms with van der Waals surface area (Å²) in [4.78, 5) is 13.7. The number of nitrogens with zero attached hydrogens (tertiary/aromatic N) is 1. The van der Waals surface area contributed by atoms with Gasteiger partial charge >= 0.3 is 12.2 Å². The van der Waals surface area contributed by atoms with Gasteiger partial charge in [-0.05, 0) is 16.7 Å². The Bertz CT molecular complexity index is 688. The van der Waals surface area contributed by atoms with Gasteiger partial charge in [0.05, 0.1) is 6.61 Å². The van der Waals surface area contributed by atoms with Crippen LogP contribution in [-0.4, -0.2) is 30.8 Å². The van der Waals surface area contributed by atoms with Gasteiger partial charge in [-0.3, -0.25) is 0 Å². The maximum Gasteiger partial charge on any atom is 0.411 e. The first-order valence-corrected chi connectivity index (χ1v) is 8.09. The predicted octanol–water partition coefficient (Wildman–Crippen LogP) is 4.11. The van der Waals surface area contributed by atoms with E-state index in [1.807, 2.05) is 30.3 Å². The number of nitrogens with one attached hydrogen (secondary N) is 1. The number of halogens is 3. The Hall–Kier alpha value is -2.54. The lowest BCUT2D eigenvalue weighted by Crippen LogP contribution is -2.36. The second kappa shape index (κ2) is 9.24. The van der Waals surface area contributed by atoms with E-state index < -0.39 is 12.8 Å². The lowest BCUT2D eigenvalue weighted by molar-refractivity contribution is -0.176. The Kier molecular flexibility index (Phi) is 7.03. The molecule has 4 nitrogen and oxygen atoms in total. The van der Waals surface area contributed by atoms with Gasteiger partial charge in [-0.1, -0.05) is 54.6 Å². The molecule has 0 unspecified atom stereocenters. The van der Waals surface area contributed by atoms with Crippen LogP contribution in [0.25, 0.3) is 0 Å². The van der Waals surface area contributed by atoms with Crippen molar-refractivity contribution in [2.75, 3.05) is 13.7 Å².